The monoisotopic (exact) mass is 404 g/mol. The highest BCUT2D eigenvalue weighted by atomic mass is 19.3. The molecule has 0 aliphatic carbocycles. The zero-order chi connectivity index (χ0) is 14.5. The van der Waals surface area contributed by atoms with Gasteiger partial charge in [0, 0.05) is 12.7 Å². The first-order valence-corrected chi connectivity index (χ1v) is 5.48. The van der Waals surface area contributed by atoms with Crippen molar-refractivity contribution in [3.63, 3.8) is 0 Å². The van der Waals surface area contributed by atoms with Crippen LogP contribution in [0, 0.1) is 0 Å². The molecule has 0 saturated heterocycles. The molecule has 0 aromatic heterocycles. The molecule has 0 fully saturated rings. The molecule has 26 heavy (non-hydrogen) atoms. The molecular formula is C21H60F4O. The summed E-state index contributed by atoms with van der Waals surface area (Å²) < 4.78 is 49.7. The fraction of sp³-hybridized carbons (Fsp3) is 0.905. The van der Waals surface area contributed by atoms with Crippen LogP contribution in [0.5, 0.6) is 0 Å². The van der Waals surface area contributed by atoms with Crippen molar-refractivity contribution < 1.29 is 22.3 Å². The minimum absolute atomic E-state index is 0. The van der Waals surface area contributed by atoms with Gasteiger partial charge in [0.25, 0.3) is 0 Å². The van der Waals surface area contributed by atoms with E-state index in [1.165, 1.54) is 13.8 Å². The Hall–Kier alpha value is -0.580. The van der Waals surface area contributed by atoms with Gasteiger partial charge in [0.1, 0.15) is 0 Å². The lowest BCUT2D eigenvalue weighted by atomic mass is 10.2. The van der Waals surface area contributed by atoms with Crippen LogP contribution in [0.2, 0.25) is 0 Å². The molecule has 0 bridgehead atoms. The Morgan fingerprint density at radius 2 is 1.15 bits per heavy atom. The van der Waals surface area contributed by atoms with Gasteiger partial charge in [0.15, 0.2) is 0 Å². The van der Waals surface area contributed by atoms with Crippen molar-refractivity contribution in [2.75, 3.05) is 13.8 Å². The maximum absolute atomic E-state index is 12.0. The highest BCUT2D eigenvalue weighted by molar-refractivity contribution is 4.97. The Morgan fingerprint density at radius 1 is 0.923 bits per heavy atom. The smallest absolute Gasteiger partial charge is 0.320 e. The molecule has 0 saturated carbocycles. The molecule has 0 amide bonds. The van der Waals surface area contributed by atoms with Gasteiger partial charge in [-0.3, -0.25) is 4.39 Å². The lowest BCUT2D eigenvalue weighted by molar-refractivity contribution is -0.189. The van der Waals surface area contributed by atoms with Gasteiger partial charge in [-0.25, -0.2) is 4.39 Å². The van der Waals surface area contributed by atoms with Gasteiger partial charge in [-0.2, -0.15) is 8.78 Å². The van der Waals surface area contributed by atoms with E-state index in [0.717, 1.165) is 13.5 Å². The fourth-order valence-electron chi connectivity index (χ4n) is 0.572. The largest absolute Gasteiger partial charge is 0.378 e. The fourth-order valence-corrected chi connectivity index (χ4v) is 0.572. The lowest BCUT2D eigenvalue weighted by Gasteiger charge is -2.11. The minimum Gasteiger partial charge on any atom is -0.320 e. The van der Waals surface area contributed by atoms with Crippen molar-refractivity contribution in [1.29, 1.82) is 0 Å². The van der Waals surface area contributed by atoms with Gasteiger partial charge in [0.2, 0.25) is 0 Å². The number of halogens is 4. The molecule has 0 aromatic rings. The molecular weight excluding hydrogens is 344 g/mol. The Bertz CT molecular complexity index is 173. The summed E-state index contributed by atoms with van der Waals surface area (Å²) in [6.45, 7) is 9.01. The Balaban J connectivity index is -0.0000000102. The zero-order valence-corrected chi connectivity index (χ0v) is 11.3. The van der Waals surface area contributed by atoms with Gasteiger partial charge >= 0.3 is 6.11 Å². The Kier molecular flexibility index (Phi) is 182. The summed E-state index contributed by atoms with van der Waals surface area (Å²) in [6.07, 6.45) is -2.09. The molecule has 5 heteroatoms. The van der Waals surface area contributed by atoms with Crippen LogP contribution >= 0.6 is 0 Å². The van der Waals surface area contributed by atoms with Crippen molar-refractivity contribution in [2.45, 2.75) is 120 Å². The number of rotatable bonds is 4. The summed E-state index contributed by atoms with van der Waals surface area (Å²) in [4.78, 5) is 0. The summed E-state index contributed by atoms with van der Waals surface area (Å²) in [5, 5.41) is 0. The van der Waals surface area contributed by atoms with Crippen molar-refractivity contribution >= 4 is 0 Å². The van der Waals surface area contributed by atoms with Crippen LogP contribution in [-0.4, -0.2) is 26.1 Å². The number of alkyl halides is 4. The predicted octanol–water partition coefficient (Wildman–Crippen LogP) is 10.6. The topological polar surface area (TPSA) is 9.23 Å². The molecule has 1 nitrogen and oxygen atoms in total. The summed E-state index contributed by atoms with van der Waals surface area (Å²) in [6, 6.07) is 0. The second-order valence-electron chi connectivity index (χ2n) is 3.34. The summed E-state index contributed by atoms with van der Waals surface area (Å²) in [7, 11) is 0.939. The van der Waals surface area contributed by atoms with E-state index < -0.39 is 12.3 Å². The van der Waals surface area contributed by atoms with E-state index >= 15 is 0 Å². The lowest BCUT2D eigenvalue weighted by Crippen LogP contribution is -2.18. The van der Waals surface area contributed by atoms with Crippen molar-refractivity contribution in [2.24, 2.45) is 0 Å². The molecule has 1 atom stereocenters. The highest BCUT2D eigenvalue weighted by Gasteiger charge is 2.28. The summed E-state index contributed by atoms with van der Waals surface area (Å²) in [5.41, 5.74) is -0.278. The van der Waals surface area contributed by atoms with Crippen molar-refractivity contribution in [3.05, 3.63) is 12.2 Å². The van der Waals surface area contributed by atoms with Crippen LogP contribution < -0.4 is 0 Å². The van der Waals surface area contributed by atoms with Gasteiger partial charge in [0.05, 0.1) is 12.8 Å². The molecule has 0 N–H and O–H groups in total. The third-order valence-electron chi connectivity index (χ3n) is 1.44. The van der Waals surface area contributed by atoms with Crippen LogP contribution in [0.4, 0.5) is 17.6 Å². The van der Waals surface area contributed by atoms with E-state index in [1.807, 2.05) is 6.92 Å². The first-order chi connectivity index (χ1) is 7.69. The molecule has 178 valence electrons. The molecule has 0 aliphatic rings. The number of methoxy groups -OCH3 is 1. The molecule has 0 rings (SSSR count). The van der Waals surface area contributed by atoms with E-state index in [0.29, 0.717) is 6.42 Å². The van der Waals surface area contributed by atoms with Crippen LogP contribution in [0.3, 0.4) is 0 Å². The van der Waals surface area contributed by atoms with E-state index in [4.69, 9.17) is 0 Å². The first-order valence-electron chi connectivity index (χ1n) is 5.48. The van der Waals surface area contributed by atoms with Crippen molar-refractivity contribution in [1.82, 2.24) is 0 Å². The normalized spacial score (nSPS) is 7.58. The number of ether oxygens (including phenoxy) is 1. The average Bonchev–Trinajstić information content (AvgIpc) is 2.19. The first kappa shape index (κ1) is 84.2. The zero-order valence-electron chi connectivity index (χ0n) is 11.3. The summed E-state index contributed by atoms with van der Waals surface area (Å²) >= 11 is 0. The van der Waals surface area contributed by atoms with E-state index in [2.05, 4.69) is 11.3 Å². The van der Waals surface area contributed by atoms with Crippen LogP contribution in [0.25, 0.3) is 0 Å². The minimum atomic E-state index is -3.15. The Labute approximate surface area is 168 Å². The SMILES string of the molecule is C.C.C.C.C.C.C.C.C.C=C(C)C(F)(F)OC.CCCC(C)F.CCF. The predicted molar refractivity (Wildman–Crippen MR) is 124 cm³/mol. The standard InChI is InChI=1S/C5H8F2O.C5H11F.C2H5F.9CH4/c1-4(2)5(6,7)8-3;1-3-4-5(2)6;1-2-3;;;;;;;;;/h1H2,2-3H3;5H,3-4H2,1-2H3;2H2,1H3;9*1H4. The summed E-state index contributed by atoms with van der Waals surface area (Å²) in [5.74, 6) is 0. The van der Waals surface area contributed by atoms with E-state index in [-0.39, 0.29) is 79.1 Å². The quantitative estimate of drug-likeness (QED) is 0.334. The third kappa shape index (κ3) is 90.3. The van der Waals surface area contributed by atoms with Gasteiger partial charge < -0.3 is 4.74 Å². The molecule has 1 unspecified atom stereocenters. The highest BCUT2D eigenvalue weighted by Crippen LogP contribution is 2.21. The maximum Gasteiger partial charge on any atom is 0.378 e. The second kappa shape index (κ2) is 56.3. The van der Waals surface area contributed by atoms with Gasteiger partial charge in [-0.15, -0.1) is 0 Å². The van der Waals surface area contributed by atoms with Crippen LogP contribution in [-0.2, 0) is 4.74 Å². The third-order valence-corrected chi connectivity index (χ3v) is 1.44. The van der Waals surface area contributed by atoms with E-state index in [1.54, 1.807) is 6.92 Å². The number of hydrogen-bond donors (Lipinski definition) is 0. The van der Waals surface area contributed by atoms with Crippen LogP contribution in [0.1, 0.15) is 107 Å². The molecule has 0 aliphatic heterocycles. The molecule has 0 aromatic carbocycles. The van der Waals surface area contributed by atoms with Gasteiger partial charge in [-0.1, -0.05) is 86.8 Å². The maximum atomic E-state index is 12.0. The van der Waals surface area contributed by atoms with Crippen LogP contribution in [0.15, 0.2) is 12.2 Å². The molecule has 0 spiro atoms. The number of hydrogen-bond acceptors (Lipinski definition) is 1. The van der Waals surface area contributed by atoms with E-state index in [9.17, 15) is 17.6 Å². The van der Waals surface area contributed by atoms with Gasteiger partial charge in [-0.05, 0) is 27.2 Å². The molecule has 0 heterocycles. The molecule has 0 radical (unpaired) electrons. The second-order valence-corrected chi connectivity index (χ2v) is 3.34. The van der Waals surface area contributed by atoms with Crippen molar-refractivity contribution in [3.8, 4) is 0 Å². The Morgan fingerprint density at radius 3 is 1.15 bits per heavy atom. The average molecular weight is 405 g/mol.